The summed E-state index contributed by atoms with van der Waals surface area (Å²) in [5.41, 5.74) is 3.03. The molecule has 0 spiro atoms. The first kappa shape index (κ1) is 21.3. The summed E-state index contributed by atoms with van der Waals surface area (Å²) in [6.45, 7) is 2.40. The van der Waals surface area contributed by atoms with E-state index in [9.17, 15) is 18.3 Å². The fraction of sp³-hybridized carbons (Fsp3) is 0.364. The number of aromatic nitrogens is 4. The first-order chi connectivity index (χ1) is 14.8. The van der Waals surface area contributed by atoms with Gasteiger partial charge >= 0.3 is 5.69 Å². The molecule has 2 aromatic heterocycles. The Hall–Kier alpha value is -2.91. The van der Waals surface area contributed by atoms with Crippen LogP contribution in [0.1, 0.15) is 25.2 Å². The van der Waals surface area contributed by atoms with Gasteiger partial charge in [-0.15, -0.1) is 0 Å². The molecule has 2 heterocycles. The Balaban J connectivity index is 1.81. The normalized spacial score (nSPS) is 13.3. The summed E-state index contributed by atoms with van der Waals surface area (Å²) in [5, 5.41) is 9.64. The second-order valence-corrected chi connectivity index (χ2v) is 10.2. The van der Waals surface area contributed by atoms with Gasteiger partial charge in [-0.1, -0.05) is 24.3 Å². The lowest BCUT2D eigenvalue weighted by Crippen LogP contribution is -2.29. The SMILES string of the molecule is CC(CO)n1c(=O)n(Cc2nc3ccccc3n2CCCS(C)(=O)=O)c2ccccc21. The second kappa shape index (κ2) is 8.32. The lowest BCUT2D eigenvalue weighted by Gasteiger charge is -2.10. The zero-order chi connectivity index (χ0) is 22.2. The minimum Gasteiger partial charge on any atom is -0.394 e. The van der Waals surface area contributed by atoms with E-state index in [-0.39, 0.29) is 30.6 Å². The van der Waals surface area contributed by atoms with E-state index in [0.29, 0.717) is 18.8 Å². The Morgan fingerprint density at radius 3 is 2.32 bits per heavy atom. The van der Waals surface area contributed by atoms with Crippen molar-refractivity contribution in [2.75, 3.05) is 18.6 Å². The number of rotatable bonds is 8. The number of para-hydroxylation sites is 4. The standard InChI is InChI=1S/C22H26N4O4S/c1-16(15-27)26-20-11-6-5-10-19(20)25(22(26)28)14-21-23-17-8-3-4-9-18(17)24(21)12-7-13-31(2,29)30/h3-6,8-11,16,27H,7,12-15H2,1-2H3. The highest BCUT2D eigenvalue weighted by molar-refractivity contribution is 7.90. The van der Waals surface area contributed by atoms with E-state index in [0.717, 1.165) is 22.1 Å². The zero-order valence-corrected chi connectivity index (χ0v) is 18.4. The van der Waals surface area contributed by atoms with Gasteiger partial charge in [-0.3, -0.25) is 9.13 Å². The van der Waals surface area contributed by atoms with E-state index in [1.807, 2.05) is 53.1 Å². The van der Waals surface area contributed by atoms with Crippen LogP contribution in [0.15, 0.2) is 53.3 Å². The van der Waals surface area contributed by atoms with Crippen LogP contribution in [0, 0.1) is 0 Å². The number of imidazole rings is 2. The number of aryl methyl sites for hydroxylation is 1. The number of hydrogen-bond donors (Lipinski definition) is 1. The van der Waals surface area contributed by atoms with Gasteiger partial charge in [0.25, 0.3) is 0 Å². The van der Waals surface area contributed by atoms with Crippen LogP contribution in [0.3, 0.4) is 0 Å². The molecule has 0 radical (unpaired) electrons. The number of sulfone groups is 1. The molecule has 164 valence electrons. The van der Waals surface area contributed by atoms with Crippen LogP contribution in [-0.2, 0) is 22.9 Å². The van der Waals surface area contributed by atoms with Gasteiger partial charge in [-0.2, -0.15) is 0 Å². The van der Waals surface area contributed by atoms with Crippen molar-refractivity contribution in [1.29, 1.82) is 0 Å². The van der Waals surface area contributed by atoms with Crippen LogP contribution in [-0.4, -0.2) is 50.8 Å². The van der Waals surface area contributed by atoms with Crippen molar-refractivity contribution in [2.24, 2.45) is 0 Å². The molecule has 0 bridgehead atoms. The van der Waals surface area contributed by atoms with Crippen molar-refractivity contribution in [3.8, 4) is 0 Å². The highest BCUT2D eigenvalue weighted by Crippen LogP contribution is 2.21. The molecule has 1 unspecified atom stereocenters. The van der Waals surface area contributed by atoms with Crippen molar-refractivity contribution in [3.63, 3.8) is 0 Å². The Bertz CT molecular complexity index is 1400. The van der Waals surface area contributed by atoms with E-state index >= 15 is 0 Å². The molecular weight excluding hydrogens is 416 g/mol. The number of aliphatic hydroxyl groups excluding tert-OH is 1. The van der Waals surface area contributed by atoms with Crippen molar-refractivity contribution < 1.29 is 13.5 Å². The van der Waals surface area contributed by atoms with Crippen molar-refractivity contribution in [1.82, 2.24) is 18.7 Å². The molecule has 31 heavy (non-hydrogen) atoms. The smallest absolute Gasteiger partial charge is 0.329 e. The van der Waals surface area contributed by atoms with Gasteiger partial charge in [0.15, 0.2) is 0 Å². The summed E-state index contributed by atoms with van der Waals surface area (Å²) in [6, 6.07) is 14.8. The lowest BCUT2D eigenvalue weighted by molar-refractivity contribution is 0.238. The number of fused-ring (bicyclic) bond motifs is 2. The van der Waals surface area contributed by atoms with Crippen LogP contribution in [0.4, 0.5) is 0 Å². The molecule has 9 heteroatoms. The molecule has 0 aliphatic heterocycles. The van der Waals surface area contributed by atoms with Crippen LogP contribution < -0.4 is 5.69 Å². The average molecular weight is 443 g/mol. The van der Waals surface area contributed by atoms with Crippen molar-refractivity contribution >= 4 is 31.9 Å². The van der Waals surface area contributed by atoms with Crippen LogP contribution in [0.25, 0.3) is 22.1 Å². The Morgan fingerprint density at radius 1 is 1.00 bits per heavy atom. The summed E-state index contributed by atoms with van der Waals surface area (Å²) >= 11 is 0. The van der Waals surface area contributed by atoms with Crippen LogP contribution >= 0.6 is 0 Å². The minimum absolute atomic E-state index is 0.0895. The van der Waals surface area contributed by atoms with E-state index in [4.69, 9.17) is 4.98 Å². The number of aliphatic hydroxyl groups is 1. The molecule has 0 amide bonds. The number of hydrogen-bond acceptors (Lipinski definition) is 5. The van der Waals surface area contributed by atoms with Crippen LogP contribution in [0.5, 0.6) is 0 Å². The summed E-state index contributed by atoms with van der Waals surface area (Å²) in [4.78, 5) is 18.0. The maximum Gasteiger partial charge on any atom is 0.329 e. The van der Waals surface area contributed by atoms with Gasteiger partial charge in [-0.25, -0.2) is 18.2 Å². The largest absolute Gasteiger partial charge is 0.394 e. The lowest BCUT2D eigenvalue weighted by atomic mass is 10.3. The summed E-state index contributed by atoms with van der Waals surface area (Å²) in [7, 11) is -3.06. The van der Waals surface area contributed by atoms with E-state index in [1.165, 1.54) is 6.26 Å². The van der Waals surface area contributed by atoms with Gasteiger partial charge in [0, 0.05) is 12.8 Å². The highest BCUT2D eigenvalue weighted by Gasteiger charge is 2.19. The third-order valence-electron chi connectivity index (χ3n) is 5.50. The minimum atomic E-state index is -3.06. The molecule has 0 saturated carbocycles. The van der Waals surface area contributed by atoms with Crippen molar-refractivity contribution in [3.05, 3.63) is 64.8 Å². The Labute approximate surface area is 180 Å². The quantitative estimate of drug-likeness (QED) is 0.451. The topological polar surface area (TPSA) is 99.1 Å². The highest BCUT2D eigenvalue weighted by atomic mass is 32.2. The Morgan fingerprint density at radius 2 is 1.65 bits per heavy atom. The molecule has 1 N–H and O–H groups in total. The fourth-order valence-electron chi connectivity index (χ4n) is 4.01. The van der Waals surface area contributed by atoms with Crippen LogP contribution in [0.2, 0.25) is 0 Å². The summed E-state index contributed by atoms with van der Waals surface area (Å²) in [5.74, 6) is 0.781. The Kier molecular flexibility index (Phi) is 5.72. The fourth-order valence-corrected chi connectivity index (χ4v) is 4.67. The summed E-state index contributed by atoms with van der Waals surface area (Å²) < 4.78 is 28.4. The monoisotopic (exact) mass is 442 g/mol. The maximum atomic E-state index is 13.3. The molecule has 0 saturated heterocycles. The second-order valence-electron chi connectivity index (χ2n) is 7.91. The third kappa shape index (κ3) is 4.15. The molecule has 0 aliphatic rings. The van der Waals surface area contributed by atoms with E-state index in [1.54, 1.807) is 16.1 Å². The molecule has 0 fully saturated rings. The third-order valence-corrected chi connectivity index (χ3v) is 6.53. The van der Waals surface area contributed by atoms with Gasteiger partial charge < -0.3 is 9.67 Å². The molecular formula is C22H26N4O4S. The summed E-state index contributed by atoms with van der Waals surface area (Å²) in [6.07, 6.45) is 1.70. The zero-order valence-electron chi connectivity index (χ0n) is 17.6. The predicted molar refractivity (Wildman–Crippen MR) is 121 cm³/mol. The van der Waals surface area contributed by atoms with E-state index < -0.39 is 9.84 Å². The molecule has 4 aromatic rings. The molecule has 1 atom stereocenters. The first-order valence-corrected chi connectivity index (χ1v) is 12.3. The molecule has 0 aliphatic carbocycles. The molecule has 8 nitrogen and oxygen atoms in total. The molecule has 4 rings (SSSR count). The van der Waals surface area contributed by atoms with Gasteiger partial charge in [0.05, 0.1) is 47.0 Å². The predicted octanol–water partition coefficient (Wildman–Crippen LogP) is 2.19. The number of nitrogens with zero attached hydrogens (tertiary/aromatic N) is 4. The van der Waals surface area contributed by atoms with Gasteiger partial charge in [-0.05, 0) is 37.6 Å². The average Bonchev–Trinajstić information content (AvgIpc) is 3.22. The van der Waals surface area contributed by atoms with E-state index in [2.05, 4.69) is 0 Å². The number of benzene rings is 2. The van der Waals surface area contributed by atoms with Gasteiger partial charge in [0.1, 0.15) is 15.7 Å². The van der Waals surface area contributed by atoms with Gasteiger partial charge in [0.2, 0.25) is 0 Å². The maximum absolute atomic E-state index is 13.3. The molecule has 2 aromatic carbocycles. The first-order valence-electron chi connectivity index (χ1n) is 10.2. The van der Waals surface area contributed by atoms with Crippen molar-refractivity contribution in [2.45, 2.75) is 32.5 Å².